The molecule has 1 aromatic heterocycles. The van der Waals surface area contributed by atoms with Crippen LogP contribution in [-0.2, 0) is 0 Å². The Hall–Kier alpha value is -1.86. The Labute approximate surface area is 156 Å². The zero-order valence-corrected chi connectivity index (χ0v) is 15.8. The fraction of sp³-hybridized carbons (Fsp3) is 0.176. The van der Waals surface area contributed by atoms with Crippen molar-refractivity contribution in [3.05, 3.63) is 68.6 Å². The van der Waals surface area contributed by atoms with Crippen LogP contribution in [0.25, 0.3) is 0 Å². The molecule has 0 radical (unpaired) electrons. The number of fused-ring (bicyclic) bond motifs is 1. The maximum atomic E-state index is 5.83. The zero-order chi connectivity index (χ0) is 16.7. The van der Waals surface area contributed by atoms with Gasteiger partial charge >= 0.3 is 0 Å². The summed E-state index contributed by atoms with van der Waals surface area (Å²) in [5.74, 6) is 0.991. The van der Waals surface area contributed by atoms with Crippen LogP contribution in [0.1, 0.15) is 29.6 Å². The second-order valence-electron chi connectivity index (χ2n) is 5.79. The van der Waals surface area contributed by atoms with Crippen molar-refractivity contribution in [3.8, 4) is 0 Å². The molecule has 2 aromatic carbocycles. The summed E-state index contributed by atoms with van der Waals surface area (Å²) >= 11 is 7.04. The van der Waals surface area contributed by atoms with Gasteiger partial charge in [0, 0.05) is 8.95 Å². The van der Waals surface area contributed by atoms with E-state index in [2.05, 4.69) is 83.7 Å². The number of hydrogen-bond donors (Lipinski definition) is 2. The maximum Gasteiger partial charge on any atom is 0.241 e. The van der Waals surface area contributed by atoms with E-state index in [9.17, 15) is 0 Å². The fourth-order valence-corrected chi connectivity index (χ4v) is 3.78. The average Bonchev–Trinajstić information content (AvgIpc) is 2.94. The molecule has 122 valence electrons. The summed E-state index contributed by atoms with van der Waals surface area (Å²) in [4.78, 5) is 4.34. The van der Waals surface area contributed by atoms with Gasteiger partial charge in [0.05, 0.1) is 12.1 Å². The highest BCUT2D eigenvalue weighted by Gasteiger charge is 2.30. The molecule has 0 saturated heterocycles. The van der Waals surface area contributed by atoms with E-state index in [1.54, 1.807) is 0 Å². The molecule has 4 rings (SSSR count). The molecular formula is C17H15Br2N5. The lowest BCUT2D eigenvalue weighted by Gasteiger charge is -2.31. The van der Waals surface area contributed by atoms with Gasteiger partial charge in [0.15, 0.2) is 0 Å². The maximum absolute atomic E-state index is 5.83. The smallest absolute Gasteiger partial charge is 0.241 e. The third-order valence-corrected chi connectivity index (χ3v) is 5.23. The fourth-order valence-electron chi connectivity index (χ4n) is 3.10. The minimum absolute atomic E-state index is 0.0807. The van der Waals surface area contributed by atoms with Crippen molar-refractivity contribution in [1.29, 1.82) is 0 Å². The van der Waals surface area contributed by atoms with Crippen LogP contribution < -0.4 is 11.1 Å². The highest BCUT2D eigenvalue weighted by molar-refractivity contribution is 9.10. The average molecular weight is 449 g/mol. The molecule has 0 spiro atoms. The Bertz CT molecular complexity index is 875. The summed E-state index contributed by atoms with van der Waals surface area (Å²) in [6.07, 6.45) is 0.869. The van der Waals surface area contributed by atoms with E-state index < -0.39 is 0 Å². The van der Waals surface area contributed by atoms with Crippen molar-refractivity contribution in [2.45, 2.75) is 18.5 Å². The summed E-state index contributed by atoms with van der Waals surface area (Å²) < 4.78 is 4.00. The molecule has 24 heavy (non-hydrogen) atoms. The van der Waals surface area contributed by atoms with Crippen LogP contribution in [0.4, 0.5) is 11.9 Å². The van der Waals surface area contributed by atoms with Crippen molar-refractivity contribution >= 4 is 43.8 Å². The van der Waals surface area contributed by atoms with E-state index in [-0.39, 0.29) is 18.0 Å². The molecule has 0 fully saturated rings. The van der Waals surface area contributed by atoms with E-state index in [1.807, 2.05) is 16.8 Å². The van der Waals surface area contributed by atoms with Crippen molar-refractivity contribution in [3.63, 3.8) is 0 Å². The number of anilines is 2. The molecule has 5 nitrogen and oxygen atoms in total. The number of rotatable bonds is 2. The Kier molecular flexibility index (Phi) is 4.05. The molecule has 0 bridgehead atoms. The van der Waals surface area contributed by atoms with Crippen molar-refractivity contribution < 1.29 is 0 Å². The first-order valence-corrected chi connectivity index (χ1v) is 9.18. The second kappa shape index (κ2) is 6.22. The molecular weight excluding hydrogens is 434 g/mol. The van der Waals surface area contributed by atoms with Crippen LogP contribution in [-0.4, -0.2) is 14.8 Å². The molecule has 2 heterocycles. The van der Waals surface area contributed by atoms with Gasteiger partial charge in [0.25, 0.3) is 0 Å². The van der Waals surface area contributed by atoms with Gasteiger partial charge in [0.1, 0.15) is 0 Å². The molecule has 1 aliphatic heterocycles. The number of halogens is 2. The van der Waals surface area contributed by atoms with Crippen molar-refractivity contribution in [2.75, 3.05) is 11.1 Å². The third-order valence-electron chi connectivity index (χ3n) is 4.21. The largest absolute Gasteiger partial charge is 0.366 e. The monoisotopic (exact) mass is 447 g/mol. The Morgan fingerprint density at radius 2 is 1.83 bits per heavy atom. The second-order valence-corrected chi connectivity index (χ2v) is 7.62. The van der Waals surface area contributed by atoms with Gasteiger partial charge in [0.2, 0.25) is 11.9 Å². The lowest BCUT2D eigenvalue weighted by atomic mass is 9.93. The molecule has 7 heteroatoms. The number of aromatic nitrogens is 3. The van der Waals surface area contributed by atoms with Gasteiger partial charge in [-0.15, -0.1) is 5.10 Å². The number of nitrogen functional groups attached to an aromatic ring is 1. The quantitative estimate of drug-likeness (QED) is 0.604. The van der Waals surface area contributed by atoms with Gasteiger partial charge in [-0.3, -0.25) is 0 Å². The number of nitrogens with zero attached hydrogens (tertiary/aromatic N) is 3. The van der Waals surface area contributed by atoms with E-state index in [0.717, 1.165) is 15.4 Å². The van der Waals surface area contributed by atoms with E-state index in [1.165, 1.54) is 11.1 Å². The molecule has 0 unspecified atom stereocenters. The van der Waals surface area contributed by atoms with Crippen LogP contribution in [0.5, 0.6) is 0 Å². The molecule has 0 amide bonds. The molecule has 3 aromatic rings. The van der Waals surface area contributed by atoms with Crippen molar-refractivity contribution in [1.82, 2.24) is 14.8 Å². The minimum atomic E-state index is 0.0807. The topological polar surface area (TPSA) is 68.8 Å². The predicted octanol–water partition coefficient (Wildman–Crippen LogP) is 4.53. The summed E-state index contributed by atoms with van der Waals surface area (Å²) in [5, 5.41) is 7.83. The van der Waals surface area contributed by atoms with Gasteiger partial charge in [-0.1, -0.05) is 56.1 Å². The number of benzene rings is 2. The Balaban J connectivity index is 1.76. The van der Waals surface area contributed by atoms with Crippen LogP contribution in [0.15, 0.2) is 57.5 Å². The zero-order valence-electron chi connectivity index (χ0n) is 12.7. The minimum Gasteiger partial charge on any atom is -0.366 e. The number of nitrogens with one attached hydrogen (secondary N) is 1. The van der Waals surface area contributed by atoms with Crippen LogP contribution in [0, 0.1) is 0 Å². The summed E-state index contributed by atoms with van der Waals surface area (Å²) in [6, 6.07) is 16.9. The molecule has 1 aliphatic rings. The molecule has 2 atom stereocenters. The first-order chi connectivity index (χ1) is 11.6. The van der Waals surface area contributed by atoms with Crippen molar-refractivity contribution in [2.24, 2.45) is 0 Å². The predicted molar refractivity (Wildman–Crippen MR) is 102 cm³/mol. The van der Waals surface area contributed by atoms with Gasteiger partial charge in [-0.05, 0) is 41.8 Å². The standard InChI is InChI=1S/C17H15Br2N5/c18-12-6-4-10(5-7-12)14-9-15(11-2-1-3-13(19)8-11)24-17(21-14)22-16(20)23-24/h1-8,14-15H,9H2,(H3,20,21,22,23)/t14-,15-/m0/s1. The lowest BCUT2D eigenvalue weighted by molar-refractivity contribution is 0.431. The van der Waals surface area contributed by atoms with Crippen LogP contribution in [0.2, 0.25) is 0 Å². The van der Waals surface area contributed by atoms with Gasteiger partial charge in [-0.2, -0.15) is 4.98 Å². The van der Waals surface area contributed by atoms with Gasteiger partial charge < -0.3 is 11.1 Å². The SMILES string of the molecule is Nc1nc2n(n1)[C@H](c1cccc(Br)c1)C[C@@H](c1ccc(Br)cc1)N2. The summed E-state index contributed by atoms with van der Waals surface area (Å²) in [6.45, 7) is 0. The summed E-state index contributed by atoms with van der Waals surface area (Å²) in [7, 11) is 0. The molecule has 3 N–H and O–H groups in total. The van der Waals surface area contributed by atoms with E-state index >= 15 is 0 Å². The molecule has 0 aliphatic carbocycles. The number of nitrogens with two attached hydrogens (primary N) is 1. The first kappa shape index (κ1) is 15.7. The highest BCUT2D eigenvalue weighted by Crippen LogP contribution is 2.38. The van der Waals surface area contributed by atoms with E-state index in [0.29, 0.717) is 5.95 Å². The summed E-state index contributed by atoms with van der Waals surface area (Å²) in [5.41, 5.74) is 8.23. The number of hydrogen-bond acceptors (Lipinski definition) is 4. The van der Waals surface area contributed by atoms with Crippen LogP contribution in [0.3, 0.4) is 0 Å². The van der Waals surface area contributed by atoms with E-state index in [4.69, 9.17) is 5.73 Å². The molecule has 0 saturated carbocycles. The Morgan fingerprint density at radius 3 is 2.58 bits per heavy atom. The lowest BCUT2D eigenvalue weighted by Crippen LogP contribution is -2.28. The highest BCUT2D eigenvalue weighted by atomic mass is 79.9. The van der Waals surface area contributed by atoms with Crippen LogP contribution >= 0.6 is 31.9 Å². The normalized spacial score (nSPS) is 19.6. The first-order valence-electron chi connectivity index (χ1n) is 7.59. The van der Waals surface area contributed by atoms with Gasteiger partial charge in [-0.25, -0.2) is 4.68 Å². The Morgan fingerprint density at radius 1 is 1.04 bits per heavy atom. The third kappa shape index (κ3) is 2.93.